The van der Waals surface area contributed by atoms with Crippen molar-refractivity contribution in [3.8, 4) is 17.2 Å². The molecule has 1 aliphatic heterocycles. The lowest BCUT2D eigenvalue weighted by Gasteiger charge is -2.26. The number of thioether (sulfide) groups is 1. The van der Waals surface area contributed by atoms with Gasteiger partial charge in [-0.2, -0.15) is 0 Å². The van der Waals surface area contributed by atoms with E-state index in [0.29, 0.717) is 29.4 Å². The predicted molar refractivity (Wildman–Crippen MR) is 106 cm³/mol. The minimum Gasteiger partial charge on any atom is -0.496 e. The number of amides is 1. The molecule has 0 saturated carbocycles. The number of carbonyl (C=O) groups is 1. The number of ether oxygens (including phenoxy) is 3. The monoisotopic (exact) mass is 437 g/mol. The topological polar surface area (TPSA) is 48.0 Å². The van der Waals surface area contributed by atoms with E-state index in [9.17, 15) is 4.79 Å². The maximum atomic E-state index is 13.1. The highest BCUT2D eigenvalue weighted by molar-refractivity contribution is 9.10. The Morgan fingerprint density at radius 2 is 1.73 bits per heavy atom. The lowest BCUT2D eigenvalue weighted by Crippen LogP contribution is -2.30. The molecule has 1 atom stereocenters. The van der Waals surface area contributed by atoms with E-state index in [1.165, 1.54) is 0 Å². The minimum absolute atomic E-state index is 0.00990. The van der Waals surface area contributed by atoms with E-state index in [0.717, 1.165) is 15.8 Å². The summed E-state index contributed by atoms with van der Waals surface area (Å²) in [6.07, 6.45) is 0. The minimum atomic E-state index is -0.149. The molecule has 0 bridgehead atoms. The first kappa shape index (κ1) is 18.9. The second kappa shape index (κ2) is 8.22. The van der Waals surface area contributed by atoms with E-state index in [1.54, 1.807) is 39.2 Å². The lowest BCUT2D eigenvalue weighted by atomic mass is 10.1. The Kier molecular flexibility index (Phi) is 5.98. The molecular formula is C19H20BrNO4S. The zero-order valence-electron chi connectivity index (χ0n) is 14.8. The van der Waals surface area contributed by atoms with Crippen molar-refractivity contribution in [1.82, 2.24) is 4.90 Å². The fourth-order valence-corrected chi connectivity index (χ4v) is 4.70. The van der Waals surface area contributed by atoms with Crippen LogP contribution in [0.2, 0.25) is 0 Å². The first-order chi connectivity index (χ1) is 12.6. The standard InChI is InChI=1S/C19H20BrNO4S/c1-23-15-11-17(25-3)16(24-2)10-13(15)19-21(8-9-26-19)18(22)12-6-4-5-7-14(12)20/h4-7,10-11,19H,8-9H2,1-3H3. The molecular weight excluding hydrogens is 418 g/mol. The van der Waals surface area contributed by atoms with E-state index >= 15 is 0 Å². The first-order valence-electron chi connectivity index (χ1n) is 8.07. The Balaban J connectivity index is 2.00. The SMILES string of the molecule is COc1cc(OC)c(C2SCCN2C(=O)c2ccccc2Br)cc1OC. The number of halogens is 1. The van der Waals surface area contributed by atoms with Gasteiger partial charge in [-0.25, -0.2) is 0 Å². The zero-order chi connectivity index (χ0) is 18.7. The van der Waals surface area contributed by atoms with Crippen LogP contribution in [0.25, 0.3) is 0 Å². The summed E-state index contributed by atoms with van der Waals surface area (Å²) >= 11 is 5.18. The van der Waals surface area contributed by atoms with Crippen LogP contribution in [0.3, 0.4) is 0 Å². The van der Waals surface area contributed by atoms with Gasteiger partial charge in [0.1, 0.15) is 11.1 Å². The Morgan fingerprint density at radius 1 is 1.08 bits per heavy atom. The predicted octanol–water partition coefficient (Wildman–Crippen LogP) is 4.36. The third-order valence-electron chi connectivity index (χ3n) is 4.26. The van der Waals surface area contributed by atoms with Crippen LogP contribution in [-0.4, -0.2) is 44.4 Å². The summed E-state index contributed by atoms with van der Waals surface area (Å²) < 4.78 is 17.1. The molecule has 1 heterocycles. The van der Waals surface area contributed by atoms with Crippen molar-refractivity contribution in [2.75, 3.05) is 33.6 Å². The van der Waals surface area contributed by atoms with Crippen LogP contribution in [0.1, 0.15) is 21.3 Å². The molecule has 0 N–H and O–H groups in total. The van der Waals surface area contributed by atoms with Crippen LogP contribution in [0.5, 0.6) is 17.2 Å². The number of benzene rings is 2. The van der Waals surface area contributed by atoms with Crippen LogP contribution in [0.4, 0.5) is 0 Å². The summed E-state index contributed by atoms with van der Waals surface area (Å²) in [4.78, 5) is 15.0. The highest BCUT2D eigenvalue weighted by Gasteiger charge is 2.34. The number of hydrogen-bond donors (Lipinski definition) is 0. The van der Waals surface area contributed by atoms with E-state index in [1.807, 2.05) is 35.2 Å². The van der Waals surface area contributed by atoms with Crippen molar-refractivity contribution >= 4 is 33.6 Å². The average Bonchev–Trinajstić information content (AvgIpc) is 3.16. The number of rotatable bonds is 5. The Hall–Kier alpha value is -1.86. The first-order valence-corrected chi connectivity index (χ1v) is 9.92. The summed E-state index contributed by atoms with van der Waals surface area (Å²) in [7, 11) is 4.80. The molecule has 1 aliphatic rings. The van der Waals surface area contributed by atoms with Crippen molar-refractivity contribution < 1.29 is 19.0 Å². The normalized spacial score (nSPS) is 16.5. The van der Waals surface area contributed by atoms with Crippen LogP contribution in [-0.2, 0) is 0 Å². The Labute approximate surface area is 165 Å². The molecule has 138 valence electrons. The van der Waals surface area contributed by atoms with Crippen molar-refractivity contribution in [2.24, 2.45) is 0 Å². The molecule has 3 rings (SSSR count). The third kappa shape index (κ3) is 3.50. The van der Waals surface area contributed by atoms with Crippen molar-refractivity contribution in [1.29, 1.82) is 0 Å². The molecule has 1 amide bonds. The van der Waals surface area contributed by atoms with Crippen LogP contribution in [0.15, 0.2) is 40.9 Å². The molecule has 2 aromatic rings. The summed E-state index contributed by atoms with van der Waals surface area (Å²) in [5.41, 5.74) is 1.55. The van der Waals surface area contributed by atoms with Crippen molar-refractivity contribution in [3.63, 3.8) is 0 Å². The molecule has 1 unspecified atom stereocenters. The maximum Gasteiger partial charge on any atom is 0.256 e. The highest BCUT2D eigenvalue weighted by Crippen LogP contribution is 2.46. The molecule has 7 heteroatoms. The van der Waals surface area contributed by atoms with Gasteiger partial charge in [-0.15, -0.1) is 11.8 Å². The molecule has 26 heavy (non-hydrogen) atoms. The van der Waals surface area contributed by atoms with Crippen molar-refractivity contribution in [2.45, 2.75) is 5.37 Å². The number of carbonyl (C=O) groups excluding carboxylic acids is 1. The average molecular weight is 438 g/mol. The van der Waals surface area contributed by atoms with Gasteiger partial charge in [0, 0.05) is 28.4 Å². The fourth-order valence-electron chi connectivity index (χ4n) is 2.97. The fraction of sp³-hybridized carbons (Fsp3) is 0.316. The lowest BCUT2D eigenvalue weighted by molar-refractivity contribution is 0.0758. The van der Waals surface area contributed by atoms with E-state index in [4.69, 9.17) is 14.2 Å². The molecule has 1 saturated heterocycles. The van der Waals surface area contributed by atoms with E-state index in [-0.39, 0.29) is 11.3 Å². The van der Waals surface area contributed by atoms with E-state index < -0.39 is 0 Å². The van der Waals surface area contributed by atoms with Gasteiger partial charge in [-0.3, -0.25) is 4.79 Å². The van der Waals surface area contributed by atoms with Gasteiger partial charge in [0.05, 0.1) is 26.9 Å². The number of nitrogens with zero attached hydrogens (tertiary/aromatic N) is 1. The molecule has 5 nitrogen and oxygen atoms in total. The van der Waals surface area contributed by atoms with Gasteiger partial charge in [-0.1, -0.05) is 12.1 Å². The van der Waals surface area contributed by atoms with E-state index in [2.05, 4.69) is 15.9 Å². The van der Waals surface area contributed by atoms with Gasteiger partial charge in [-0.05, 0) is 34.1 Å². The number of methoxy groups -OCH3 is 3. The van der Waals surface area contributed by atoms with Gasteiger partial charge in [0.25, 0.3) is 5.91 Å². The van der Waals surface area contributed by atoms with Gasteiger partial charge in [0.15, 0.2) is 11.5 Å². The zero-order valence-corrected chi connectivity index (χ0v) is 17.2. The summed E-state index contributed by atoms with van der Waals surface area (Å²) in [6, 6.07) is 11.2. The summed E-state index contributed by atoms with van der Waals surface area (Å²) in [5.74, 6) is 2.73. The second-order valence-corrected chi connectivity index (χ2v) is 7.69. The molecule has 0 radical (unpaired) electrons. The largest absolute Gasteiger partial charge is 0.496 e. The molecule has 0 spiro atoms. The Morgan fingerprint density at radius 3 is 2.38 bits per heavy atom. The molecule has 0 aliphatic carbocycles. The summed E-state index contributed by atoms with van der Waals surface area (Å²) in [5, 5.41) is -0.149. The highest BCUT2D eigenvalue weighted by atomic mass is 79.9. The Bertz CT molecular complexity index is 814. The summed E-state index contributed by atoms with van der Waals surface area (Å²) in [6.45, 7) is 0.674. The smallest absolute Gasteiger partial charge is 0.256 e. The van der Waals surface area contributed by atoms with Gasteiger partial charge in [0.2, 0.25) is 0 Å². The van der Waals surface area contributed by atoms with Crippen molar-refractivity contribution in [3.05, 3.63) is 52.0 Å². The maximum absolute atomic E-state index is 13.1. The number of hydrogen-bond acceptors (Lipinski definition) is 5. The van der Waals surface area contributed by atoms with Crippen LogP contribution < -0.4 is 14.2 Å². The molecule has 0 aromatic heterocycles. The molecule has 1 fully saturated rings. The molecule has 2 aromatic carbocycles. The third-order valence-corrected chi connectivity index (χ3v) is 6.19. The quantitative estimate of drug-likeness (QED) is 0.694. The van der Waals surface area contributed by atoms with Gasteiger partial charge < -0.3 is 19.1 Å². The van der Waals surface area contributed by atoms with Gasteiger partial charge >= 0.3 is 0 Å². The second-order valence-electron chi connectivity index (χ2n) is 5.65. The van der Waals surface area contributed by atoms with Crippen LogP contribution in [0, 0.1) is 0 Å². The van der Waals surface area contributed by atoms with Crippen LogP contribution >= 0.6 is 27.7 Å².